The van der Waals surface area contributed by atoms with Gasteiger partial charge in [0.2, 0.25) is 5.76 Å². The number of ether oxygens (including phenoxy) is 2. The number of carboxylic acids is 1. The van der Waals surface area contributed by atoms with Gasteiger partial charge >= 0.3 is 5.97 Å². The van der Waals surface area contributed by atoms with Crippen molar-refractivity contribution in [3.63, 3.8) is 0 Å². The Kier molecular flexibility index (Phi) is 3.93. The van der Waals surface area contributed by atoms with Gasteiger partial charge in [-0.2, -0.15) is 0 Å². The first kappa shape index (κ1) is 13.9. The van der Waals surface area contributed by atoms with Crippen molar-refractivity contribution in [1.29, 1.82) is 0 Å². The molecule has 6 heteroatoms. The topological polar surface area (TPSA) is 84.9 Å². The molecule has 106 valence electrons. The summed E-state index contributed by atoms with van der Waals surface area (Å²) in [5.74, 6) is -1.81. The number of hydrogen-bond donors (Lipinski definition) is 2. The summed E-state index contributed by atoms with van der Waals surface area (Å²) in [6.07, 6.45) is 1.19. The number of rotatable bonds is 4. The fraction of sp³-hybridized carbons (Fsp3) is 0.286. The van der Waals surface area contributed by atoms with Crippen LogP contribution in [0.1, 0.15) is 12.5 Å². The zero-order valence-corrected chi connectivity index (χ0v) is 11.0. The molecule has 0 aliphatic carbocycles. The molecule has 2 rings (SSSR count). The molecule has 0 aromatic heterocycles. The molecule has 20 heavy (non-hydrogen) atoms. The summed E-state index contributed by atoms with van der Waals surface area (Å²) >= 11 is 0. The fourth-order valence-electron chi connectivity index (χ4n) is 1.80. The lowest BCUT2D eigenvalue weighted by molar-refractivity contribution is -0.147. The van der Waals surface area contributed by atoms with Crippen LogP contribution < -0.4 is 5.32 Å². The van der Waals surface area contributed by atoms with E-state index in [0.717, 1.165) is 0 Å². The van der Waals surface area contributed by atoms with E-state index >= 15 is 0 Å². The first-order valence-corrected chi connectivity index (χ1v) is 6.10. The van der Waals surface area contributed by atoms with Crippen molar-refractivity contribution in [3.05, 3.63) is 47.9 Å². The summed E-state index contributed by atoms with van der Waals surface area (Å²) in [6, 6.07) is 8.47. The first-order valence-electron chi connectivity index (χ1n) is 6.10. The maximum Gasteiger partial charge on any atom is 0.333 e. The van der Waals surface area contributed by atoms with Crippen molar-refractivity contribution in [2.75, 3.05) is 13.2 Å². The van der Waals surface area contributed by atoms with E-state index in [0.29, 0.717) is 12.2 Å². The Morgan fingerprint density at radius 1 is 1.25 bits per heavy atom. The summed E-state index contributed by atoms with van der Waals surface area (Å²) in [5, 5.41) is 11.9. The summed E-state index contributed by atoms with van der Waals surface area (Å²) in [6.45, 7) is 2.05. The van der Waals surface area contributed by atoms with Crippen molar-refractivity contribution in [2.45, 2.75) is 12.5 Å². The van der Waals surface area contributed by atoms with E-state index in [2.05, 4.69) is 5.32 Å². The van der Waals surface area contributed by atoms with Crippen molar-refractivity contribution >= 4 is 11.9 Å². The van der Waals surface area contributed by atoms with E-state index in [1.54, 1.807) is 30.3 Å². The Hall–Kier alpha value is -2.50. The predicted molar refractivity (Wildman–Crippen MR) is 69.6 cm³/mol. The summed E-state index contributed by atoms with van der Waals surface area (Å²) in [7, 11) is 0. The van der Waals surface area contributed by atoms with E-state index in [1.165, 1.54) is 13.2 Å². The van der Waals surface area contributed by atoms with Gasteiger partial charge in [0, 0.05) is 0 Å². The Morgan fingerprint density at radius 2 is 1.95 bits per heavy atom. The minimum Gasteiger partial charge on any atom is -0.494 e. The quantitative estimate of drug-likeness (QED) is 0.857. The van der Waals surface area contributed by atoms with Gasteiger partial charge in [-0.3, -0.25) is 4.79 Å². The maximum absolute atomic E-state index is 12.0. The molecule has 1 aliphatic rings. The number of carbonyl (C=O) groups is 2. The van der Waals surface area contributed by atoms with Crippen LogP contribution in [0.3, 0.4) is 0 Å². The lowest BCUT2D eigenvalue weighted by Gasteiger charge is -2.27. The van der Waals surface area contributed by atoms with Gasteiger partial charge in [-0.05, 0) is 12.5 Å². The minimum atomic E-state index is -1.54. The van der Waals surface area contributed by atoms with Crippen molar-refractivity contribution in [3.8, 4) is 0 Å². The maximum atomic E-state index is 12.0. The van der Waals surface area contributed by atoms with Crippen LogP contribution in [-0.4, -0.2) is 30.2 Å². The largest absolute Gasteiger partial charge is 0.494 e. The molecule has 0 fully saturated rings. The molecule has 0 radical (unpaired) electrons. The van der Waals surface area contributed by atoms with Crippen LogP contribution >= 0.6 is 0 Å². The predicted octanol–water partition coefficient (Wildman–Crippen LogP) is 0.991. The second-order valence-electron chi connectivity index (χ2n) is 4.45. The molecule has 1 amide bonds. The molecule has 1 atom stereocenters. The Bertz CT molecular complexity index is 540. The second-order valence-corrected chi connectivity index (χ2v) is 4.45. The van der Waals surface area contributed by atoms with E-state index in [9.17, 15) is 14.7 Å². The lowest BCUT2D eigenvalue weighted by atomic mass is 9.92. The van der Waals surface area contributed by atoms with E-state index in [-0.39, 0.29) is 12.4 Å². The molecule has 0 spiro atoms. The van der Waals surface area contributed by atoms with Gasteiger partial charge in [-0.15, -0.1) is 0 Å². The zero-order chi connectivity index (χ0) is 14.6. The highest BCUT2D eigenvalue weighted by atomic mass is 16.6. The molecule has 0 bridgehead atoms. The van der Waals surface area contributed by atoms with Gasteiger partial charge in [0.15, 0.2) is 5.54 Å². The SMILES string of the molecule is CC(NC(=O)C1=COCCO1)(C(=O)O)c1ccccc1. The Labute approximate surface area is 116 Å². The van der Waals surface area contributed by atoms with Crippen LogP contribution in [0.15, 0.2) is 42.4 Å². The number of carboxylic acid groups (broad SMARTS) is 1. The molecule has 1 aliphatic heterocycles. The van der Waals surface area contributed by atoms with Crippen LogP contribution in [0.4, 0.5) is 0 Å². The average Bonchev–Trinajstić information content (AvgIpc) is 2.48. The summed E-state index contributed by atoms with van der Waals surface area (Å²) < 4.78 is 10.1. The van der Waals surface area contributed by atoms with Crippen LogP contribution in [0.25, 0.3) is 0 Å². The van der Waals surface area contributed by atoms with Crippen LogP contribution in [0, 0.1) is 0 Å². The highest BCUT2D eigenvalue weighted by Crippen LogP contribution is 2.22. The number of aliphatic carboxylic acids is 1. The first-order chi connectivity index (χ1) is 9.54. The number of amides is 1. The smallest absolute Gasteiger partial charge is 0.333 e. The zero-order valence-electron chi connectivity index (χ0n) is 11.0. The van der Waals surface area contributed by atoms with E-state index in [1.807, 2.05) is 0 Å². The molecule has 6 nitrogen and oxygen atoms in total. The van der Waals surface area contributed by atoms with Gasteiger partial charge in [0.1, 0.15) is 19.5 Å². The fourth-order valence-corrected chi connectivity index (χ4v) is 1.80. The second kappa shape index (κ2) is 5.64. The molecule has 1 aromatic rings. The van der Waals surface area contributed by atoms with Gasteiger partial charge < -0.3 is 19.9 Å². The third kappa shape index (κ3) is 2.74. The number of nitrogens with one attached hydrogen (secondary N) is 1. The molecule has 2 N–H and O–H groups in total. The molecular formula is C14H15NO5. The van der Waals surface area contributed by atoms with Gasteiger partial charge in [-0.25, -0.2) is 4.79 Å². The standard InChI is InChI=1S/C14H15NO5/c1-14(13(17)18,10-5-3-2-4-6-10)15-12(16)11-9-19-7-8-20-11/h2-6,9H,7-8H2,1H3,(H,15,16)(H,17,18). The lowest BCUT2D eigenvalue weighted by Crippen LogP contribution is -2.50. The number of hydrogen-bond acceptors (Lipinski definition) is 4. The van der Waals surface area contributed by atoms with Crippen LogP contribution in [0.5, 0.6) is 0 Å². The normalized spacial score (nSPS) is 16.9. The van der Waals surface area contributed by atoms with E-state index in [4.69, 9.17) is 9.47 Å². The highest BCUT2D eigenvalue weighted by molar-refractivity contribution is 5.96. The van der Waals surface area contributed by atoms with Crippen LogP contribution in [0.2, 0.25) is 0 Å². The van der Waals surface area contributed by atoms with Crippen molar-refractivity contribution < 1.29 is 24.2 Å². The summed E-state index contributed by atoms with van der Waals surface area (Å²) in [5.41, 5.74) is -1.07. The molecule has 1 aromatic carbocycles. The van der Waals surface area contributed by atoms with Crippen molar-refractivity contribution in [2.24, 2.45) is 0 Å². The third-order valence-electron chi connectivity index (χ3n) is 3.02. The Morgan fingerprint density at radius 3 is 2.50 bits per heavy atom. The average molecular weight is 277 g/mol. The Balaban J connectivity index is 2.24. The monoisotopic (exact) mass is 277 g/mol. The van der Waals surface area contributed by atoms with Gasteiger partial charge in [-0.1, -0.05) is 30.3 Å². The molecular weight excluding hydrogens is 262 g/mol. The van der Waals surface area contributed by atoms with Gasteiger partial charge in [0.05, 0.1) is 0 Å². The van der Waals surface area contributed by atoms with Crippen LogP contribution in [-0.2, 0) is 24.6 Å². The third-order valence-corrected chi connectivity index (χ3v) is 3.02. The molecule has 1 heterocycles. The molecule has 1 unspecified atom stereocenters. The number of carbonyl (C=O) groups excluding carboxylic acids is 1. The van der Waals surface area contributed by atoms with Crippen molar-refractivity contribution in [1.82, 2.24) is 5.32 Å². The van der Waals surface area contributed by atoms with Gasteiger partial charge in [0.25, 0.3) is 5.91 Å². The highest BCUT2D eigenvalue weighted by Gasteiger charge is 2.38. The summed E-state index contributed by atoms with van der Waals surface area (Å²) in [4.78, 5) is 23.6. The molecule has 0 saturated carbocycles. The number of benzene rings is 1. The molecule has 0 saturated heterocycles. The van der Waals surface area contributed by atoms with E-state index < -0.39 is 17.4 Å². The minimum absolute atomic E-state index is 0.0281.